The lowest BCUT2D eigenvalue weighted by Gasteiger charge is -2.31. The molecular formula is C15H27N3O. The topological polar surface area (TPSA) is 39.1 Å². The van der Waals surface area contributed by atoms with Crippen LogP contribution >= 0.6 is 0 Å². The molecule has 108 valence electrons. The van der Waals surface area contributed by atoms with Crippen molar-refractivity contribution in [2.24, 2.45) is 5.92 Å². The molecule has 1 aromatic heterocycles. The van der Waals surface area contributed by atoms with Crippen LogP contribution in [0.25, 0.3) is 0 Å². The molecule has 0 spiro atoms. The summed E-state index contributed by atoms with van der Waals surface area (Å²) in [5, 5.41) is 8.28. The molecule has 0 aromatic carbocycles. The lowest BCUT2D eigenvalue weighted by atomic mass is 9.91. The SMILES string of the molecule is CCNC1CCOCC1Cc1ccn(C(C)CC)n1. The second-order valence-corrected chi connectivity index (χ2v) is 5.54. The van der Waals surface area contributed by atoms with Gasteiger partial charge >= 0.3 is 0 Å². The Morgan fingerprint density at radius 3 is 3.11 bits per heavy atom. The molecule has 19 heavy (non-hydrogen) atoms. The Morgan fingerprint density at radius 1 is 1.53 bits per heavy atom. The minimum atomic E-state index is 0.487. The van der Waals surface area contributed by atoms with Crippen LogP contribution in [0.4, 0.5) is 0 Å². The van der Waals surface area contributed by atoms with Crippen LogP contribution in [0.1, 0.15) is 45.3 Å². The van der Waals surface area contributed by atoms with Gasteiger partial charge in [-0.15, -0.1) is 0 Å². The molecule has 0 amide bonds. The minimum absolute atomic E-state index is 0.487. The lowest BCUT2D eigenvalue weighted by Crippen LogP contribution is -2.43. The van der Waals surface area contributed by atoms with Crippen molar-refractivity contribution in [3.05, 3.63) is 18.0 Å². The maximum Gasteiger partial charge on any atom is 0.0628 e. The van der Waals surface area contributed by atoms with Crippen molar-refractivity contribution >= 4 is 0 Å². The highest BCUT2D eigenvalue weighted by Gasteiger charge is 2.25. The molecule has 1 aromatic rings. The van der Waals surface area contributed by atoms with Crippen molar-refractivity contribution in [2.75, 3.05) is 19.8 Å². The Kier molecular flexibility index (Phi) is 5.40. The summed E-state index contributed by atoms with van der Waals surface area (Å²) < 4.78 is 7.72. The quantitative estimate of drug-likeness (QED) is 0.858. The van der Waals surface area contributed by atoms with Crippen LogP contribution in [0.2, 0.25) is 0 Å². The van der Waals surface area contributed by atoms with Crippen LogP contribution in [-0.4, -0.2) is 35.6 Å². The molecule has 1 aliphatic heterocycles. The van der Waals surface area contributed by atoms with E-state index in [-0.39, 0.29) is 0 Å². The monoisotopic (exact) mass is 265 g/mol. The molecule has 2 heterocycles. The zero-order valence-electron chi connectivity index (χ0n) is 12.4. The smallest absolute Gasteiger partial charge is 0.0628 e. The average molecular weight is 265 g/mol. The molecule has 2 rings (SSSR count). The second kappa shape index (κ2) is 7.06. The third-order valence-electron chi connectivity index (χ3n) is 4.12. The number of aromatic nitrogens is 2. The fourth-order valence-electron chi connectivity index (χ4n) is 2.72. The second-order valence-electron chi connectivity index (χ2n) is 5.54. The fourth-order valence-corrected chi connectivity index (χ4v) is 2.72. The Balaban J connectivity index is 1.96. The minimum Gasteiger partial charge on any atom is -0.381 e. The summed E-state index contributed by atoms with van der Waals surface area (Å²) in [6.07, 6.45) is 5.36. The van der Waals surface area contributed by atoms with Crippen molar-refractivity contribution in [2.45, 2.75) is 52.1 Å². The third-order valence-corrected chi connectivity index (χ3v) is 4.12. The van der Waals surface area contributed by atoms with Crippen molar-refractivity contribution < 1.29 is 4.74 Å². The van der Waals surface area contributed by atoms with Crippen LogP contribution in [0.5, 0.6) is 0 Å². The highest BCUT2D eigenvalue weighted by molar-refractivity contribution is 5.02. The molecule has 1 N–H and O–H groups in total. The van der Waals surface area contributed by atoms with E-state index in [4.69, 9.17) is 9.84 Å². The summed E-state index contributed by atoms with van der Waals surface area (Å²) in [6.45, 7) is 9.35. The fraction of sp³-hybridized carbons (Fsp3) is 0.800. The van der Waals surface area contributed by atoms with E-state index < -0.39 is 0 Å². The van der Waals surface area contributed by atoms with Gasteiger partial charge < -0.3 is 10.1 Å². The predicted molar refractivity (Wildman–Crippen MR) is 77.3 cm³/mol. The molecule has 3 unspecified atom stereocenters. The maximum atomic E-state index is 5.63. The van der Waals surface area contributed by atoms with E-state index in [9.17, 15) is 0 Å². The lowest BCUT2D eigenvalue weighted by molar-refractivity contribution is 0.0322. The first-order valence-corrected chi connectivity index (χ1v) is 7.59. The van der Waals surface area contributed by atoms with E-state index in [1.807, 2.05) is 0 Å². The van der Waals surface area contributed by atoms with Crippen molar-refractivity contribution in [3.8, 4) is 0 Å². The molecule has 4 heteroatoms. The molecule has 1 fully saturated rings. The van der Waals surface area contributed by atoms with Crippen molar-refractivity contribution in [1.82, 2.24) is 15.1 Å². The van der Waals surface area contributed by atoms with Gasteiger partial charge in [0.15, 0.2) is 0 Å². The number of nitrogens with zero attached hydrogens (tertiary/aromatic N) is 2. The third kappa shape index (κ3) is 3.80. The highest BCUT2D eigenvalue weighted by Crippen LogP contribution is 2.20. The Morgan fingerprint density at radius 2 is 2.37 bits per heavy atom. The molecule has 0 radical (unpaired) electrons. The van der Waals surface area contributed by atoms with Gasteiger partial charge in [0, 0.05) is 30.8 Å². The molecule has 1 saturated heterocycles. The van der Waals surface area contributed by atoms with Crippen LogP contribution in [0.15, 0.2) is 12.3 Å². The summed E-state index contributed by atoms with van der Waals surface area (Å²) in [7, 11) is 0. The van der Waals surface area contributed by atoms with Gasteiger partial charge in [0.25, 0.3) is 0 Å². The van der Waals surface area contributed by atoms with Gasteiger partial charge in [-0.1, -0.05) is 13.8 Å². The van der Waals surface area contributed by atoms with Crippen LogP contribution < -0.4 is 5.32 Å². The first kappa shape index (κ1) is 14.5. The standard InChI is InChI=1S/C15H27N3O/c1-4-12(3)18-8-6-14(17-18)10-13-11-19-9-7-15(13)16-5-2/h6,8,12-13,15-16H,4-5,7,9-11H2,1-3H3. The van der Waals surface area contributed by atoms with Crippen LogP contribution in [-0.2, 0) is 11.2 Å². The van der Waals surface area contributed by atoms with Gasteiger partial charge in [-0.05, 0) is 38.8 Å². The van der Waals surface area contributed by atoms with Crippen LogP contribution in [0.3, 0.4) is 0 Å². The van der Waals surface area contributed by atoms with Gasteiger partial charge in [-0.25, -0.2) is 0 Å². The first-order valence-electron chi connectivity index (χ1n) is 7.59. The number of ether oxygens (including phenoxy) is 1. The number of hydrogen-bond acceptors (Lipinski definition) is 3. The van der Waals surface area contributed by atoms with Gasteiger partial charge in [-0.2, -0.15) is 5.10 Å². The largest absolute Gasteiger partial charge is 0.381 e. The predicted octanol–water partition coefficient (Wildman–Crippen LogP) is 2.41. The van der Waals surface area contributed by atoms with E-state index in [1.165, 1.54) is 5.69 Å². The van der Waals surface area contributed by atoms with Gasteiger partial charge in [0.1, 0.15) is 0 Å². The molecule has 3 atom stereocenters. The molecule has 0 aliphatic carbocycles. The van der Waals surface area contributed by atoms with E-state index >= 15 is 0 Å². The molecule has 0 bridgehead atoms. The highest BCUT2D eigenvalue weighted by atomic mass is 16.5. The summed E-state index contributed by atoms with van der Waals surface area (Å²) in [5.74, 6) is 0.550. The van der Waals surface area contributed by atoms with Gasteiger partial charge in [0.05, 0.1) is 12.3 Å². The van der Waals surface area contributed by atoms with E-state index in [0.29, 0.717) is 18.0 Å². The van der Waals surface area contributed by atoms with E-state index in [0.717, 1.165) is 39.0 Å². The van der Waals surface area contributed by atoms with Crippen molar-refractivity contribution in [1.29, 1.82) is 0 Å². The maximum absolute atomic E-state index is 5.63. The molecule has 0 saturated carbocycles. The Hall–Kier alpha value is -0.870. The Bertz CT molecular complexity index is 375. The summed E-state index contributed by atoms with van der Waals surface area (Å²) in [6, 6.07) is 3.22. The summed E-state index contributed by atoms with van der Waals surface area (Å²) >= 11 is 0. The summed E-state index contributed by atoms with van der Waals surface area (Å²) in [5.41, 5.74) is 1.19. The first-order chi connectivity index (χ1) is 9.24. The van der Waals surface area contributed by atoms with Crippen LogP contribution in [0, 0.1) is 5.92 Å². The Labute approximate surface area is 116 Å². The normalized spacial score (nSPS) is 25.4. The number of rotatable bonds is 6. The van der Waals surface area contributed by atoms with Gasteiger partial charge in [-0.3, -0.25) is 4.68 Å². The molecular weight excluding hydrogens is 238 g/mol. The zero-order chi connectivity index (χ0) is 13.7. The van der Waals surface area contributed by atoms with E-state index in [2.05, 4.69) is 43.0 Å². The van der Waals surface area contributed by atoms with Gasteiger partial charge in [0.2, 0.25) is 0 Å². The van der Waals surface area contributed by atoms with E-state index in [1.54, 1.807) is 0 Å². The zero-order valence-corrected chi connectivity index (χ0v) is 12.4. The molecule has 4 nitrogen and oxygen atoms in total. The van der Waals surface area contributed by atoms with Crippen molar-refractivity contribution in [3.63, 3.8) is 0 Å². The summed E-state index contributed by atoms with van der Waals surface area (Å²) in [4.78, 5) is 0. The average Bonchev–Trinajstić information content (AvgIpc) is 2.89. The number of hydrogen-bond donors (Lipinski definition) is 1. The molecule has 1 aliphatic rings. The number of nitrogens with one attached hydrogen (secondary N) is 1.